The predicted octanol–water partition coefficient (Wildman–Crippen LogP) is 1.56. The molecule has 160 valence electrons. The van der Waals surface area contributed by atoms with E-state index >= 15 is 0 Å². The van der Waals surface area contributed by atoms with Crippen LogP contribution in [0.3, 0.4) is 0 Å². The molecule has 8 nitrogen and oxygen atoms in total. The van der Waals surface area contributed by atoms with Gasteiger partial charge in [-0.3, -0.25) is 9.79 Å². The van der Waals surface area contributed by atoms with E-state index in [1.807, 2.05) is 31.2 Å². The molecule has 0 bridgehead atoms. The van der Waals surface area contributed by atoms with Gasteiger partial charge in [0.2, 0.25) is 15.9 Å². The molecule has 0 aliphatic carbocycles. The highest BCUT2D eigenvalue weighted by atomic mass is 32.2. The normalized spacial score (nSPS) is 16.5. The van der Waals surface area contributed by atoms with E-state index < -0.39 is 10.0 Å². The predicted molar refractivity (Wildman–Crippen MR) is 118 cm³/mol. The molecule has 1 unspecified atom stereocenters. The monoisotopic (exact) mass is 429 g/mol. The highest BCUT2D eigenvalue weighted by Gasteiger charge is 2.24. The fraction of sp³-hybridized carbons (Fsp3) is 0.333. The van der Waals surface area contributed by atoms with Crippen molar-refractivity contribution in [3.8, 4) is 0 Å². The van der Waals surface area contributed by atoms with E-state index in [4.69, 9.17) is 0 Å². The fourth-order valence-electron chi connectivity index (χ4n) is 3.29. The number of rotatable bonds is 7. The van der Waals surface area contributed by atoms with E-state index in [0.717, 1.165) is 16.8 Å². The third-order valence-corrected chi connectivity index (χ3v) is 6.36. The van der Waals surface area contributed by atoms with Crippen LogP contribution in [0.4, 0.5) is 5.69 Å². The standard InChI is InChI=1S/C21H27N5O3S/c1-15-7-9-17(10-8-15)30(28,29)25-12-11-23-21(22-2)24-14-16-13-20(27)26-19-6-4-3-5-18(16)19/h3-10,16,25H,11-14H2,1-2H3,(H,26,27)(H2,22,23,24). The van der Waals surface area contributed by atoms with Gasteiger partial charge < -0.3 is 16.0 Å². The van der Waals surface area contributed by atoms with Gasteiger partial charge in [-0.05, 0) is 30.7 Å². The highest BCUT2D eigenvalue weighted by molar-refractivity contribution is 7.89. The summed E-state index contributed by atoms with van der Waals surface area (Å²) in [5.41, 5.74) is 2.93. The van der Waals surface area contributed by atoms with Gasteiger partial charge in [-0.15, -0.1) is 0 Å². The van der Waals surface area contributed by atoms with Crippen LogP contribution in [0.5, 0.6) is 0 Å². The molecule has 0 fully saturated rings. The van der Waals surface area contributed by atoms with Crippen LogP contribution in [-0.4, -0.2) is 47.0 Å². The maximum atomic E-state index is 12.3. The largest absolute Gasteiger partial charge is 0.356 e. The molecule has 0 saturated heterocycles. The van der Waals surface area contributed by atoms with Crippen molar-refractivity contribution in [3.05, 3.63) is 59.7 Å². The van der Waals surface area contributed by atoms with Gasteiger partial charge in [-0.2, -0.15) is 0 Å². The Labute approximate surface area is 177 Å². The number of anilines is 1. The summed E-state index contributed by atoms with van der Waals surface area (Å²) in [5.74, 6) is 0.579. The lowest BCUT2D eigenvalue weighted by molar-refractivity contribution is -0.116. The molecule has 1 heterocycles. The molecule has 0 saturated carbocycles. The summed E-state index contributed by atoms with van der Waals surface area (Å²) >= 11 is 0. The molecule has 9 heteroatoms. The first kappa shape index (κ1) is 21.8. The molecule has 0 radical (unpaired) electrons. The number of nitrogens with one attached hydrogen (secondary N) is 4. The molecule has 1 atom stereocenters. The minimum absolute atomic E-state index is 0.00559. The van der Waals surface area contributed by atoms with Gasteiger partial charge in [-0.25, -0.2) is 13.1 Å². The molecule has 1 amide bonds. The SMILES string of the molecule is CN=C(NCCNS(=O)(=O)c1ccc(C)cc1)NCC1CC(=O)Nc2ccccc21. The van der Waals surface area contributed by atoms with Gasteiger partial charge in [0.15, 0.2) is 5.96 Å². The number of aliphatic imine (C=N–C) groups is 1. The van der Waals surface area contributed by atoms with Gasteiger partial charge in [0.25, 0.3) is 0 Å². The molecule has 2 aromatic carbocycles. The third-order valence-electron chi connectivity index (χ3n) is 4.89. The Morgan fingerprint density at radius 2 is 1.83 bits per heavy atom. The lowest BCUT2D eigenvalue weighted by Gasteiger charge is -2.26. The van der Waals surface area contributed by atoms with E-state index in [1.54, 1.807) is 31.3 Å². The summed E-state index contributed by atoms with van der Waals surface area (Å²) in [6, 6.07) is 14.5. The number of aryl methyl sites for hydroxylation is 1. The molecule has 30 heavy (non-hydrogen) atoms. The highest BCUT2D eigenvalue weighted by Crippen LogP contribution is 2.31. The van der Waals surface area contributed by atoms with Gasteiger partial charge >= 0.3 is 0 Å². The third kappa shape index (κ3) is 5.58. The maximum absolute atomic E-state index is 12.3. The molecule has 0 spiro atoms. The average Bonchev–Trinajstić information content (AvgIpc) is 2.73. The van der Waals surface area contributed by atoms with E-state index in [2.05, 4.69) is 25.7 Å². The minimum atomic E-state index is -3.55. The number of benzene rings is 2. The Balaban J connectivity index is 1.48. The quantitative estimate of drug-likeness (QED) is 0.303. The summed E-state index contributed by atoms with van der Waals surface area (Å²) in [6.45, 7) is 3.03. The van der Waals surface area contributed by atoms with Gasteiger partial charge in [0.1, 0.15) is 0 Å². The van der Waals surface area contributed by atoms with Crippen LogP contribution in [0, 0.1) is 6.92 Å². The molecular weight excluding hydrogens is 402 g/mol. The molecule has 2 aromatic rings. The Bertz CT molecular complexity index is 1020. The number of nitrogens with zero attached hydrogens (tertiary/aromatic N) is 1. The molecule has 3 rings (SSSR count). The van der Waals surface area contributed by atoms with Crippen molar-refractivity contribution in [1.29, 1.82) is 0 Å². The van der Waals surface area contributed by atoms with Crippen molar-refractivity contribution in [2.75, 3.05) is 32.0 Å². The Hall–Kier alpha value is -2.91. The second-order valence-corrected chi connectivity index (χ2v) is 8.89. The number of hydrogen-bond acceptors (Lipinski definition) is 4. The molecular formula is C21H27N5O3S. The van der Waals surface area contributed by atoms with Crippen molar-refractivity contribution in [2.24, 2.45) is 4.99 Å². The van der Waals surface area contributed by atoms with Crippen LogP contribution in [0.2, 0.25) is 0 Å². The number of amides is 1. The number of carbonyl (C=O) groups is 1. The second-order valence-electron chi connectivity index (χ2n) is 7.13. The zero-order chi connectivity index (χ0) is 21.6. The molecule has 1 aliphatic rings. The smallest absolute Gasteiger partial charge is 0.240 e. The van der Waals surface area contributed by atoms with Crippen LogP contribution in [0.25, 0.3) is 0 Å². The van der Waals surface area contributed by atoms with Crippen molar-refractivity contribution >= 4 is 27.6 Å². The van der Waals surface area contributed by atoms with Crippen molar-refractivity contribution in [1.82, 2.24) is 15.4 Å². The number of sulfonamides is 1. The van der Waals surface area contributed by atoms with E-state index in [9.17, 15) is 13.2 Å². The zero-order valence-corrected chi connectivity index (χ0v) is 17.9. The number of hydrogen-bond donors (Lipinski definition) is 4. The van der Waals surface area contributed by atoms with E-state index in [1.165, 1.54) is 0 Å². The number of carbonyl (C=O) groups excluding carboxylic acids is 1. The van der Waals surface area contributed by atoms with Crippen LogP contribution in [0.15, 0.2) is 58.4 Å². The summed E-state index contributed by atoms with van der Waals surface area (Å²) in [6.07, 6.45) is 0.400. The van der Waals surface area contributed by atoms with Crippen molar-refractivity contribution < 1.29 is 13.2 Å². The summed E-state index contributed by atoms with van der Waals surface area (Å²) < 4.78 is 27.2. The Morgan fingerprint density at radius 1 is 1.10 bits per heavy atom. The van der Waals surface area contributed by atoms with Crippen LogP contribution in [-0.2, 0) is 14.8 Å². The van der Waals surface area contributed by atoms with Crippen LogP contribution in [0.1, 0.15) is 23.5 Å². The van der Waals surface area contributed by atoms with E-state index in [-0.39, 0.29) is 23.3 Å². The number of para-hydroxylation sites is 1. The molecule has 4 N–H and O–H groups in total. The van der Waals surface area contributed by atoms with Crippen molar-refractivity contribution in [3.63, 3.8) is 0 Å². The minimum Gasteiger partial charge on any atom is -0.356 e. The van der Waals surface area contributed by atoms with Gasteiger partial charge in [0.05, 0.1) is 4.90 Å². The van der Waals surface area contributed by atoms with Crippen molar-refractivity contribution in [2.45, 2.75) is 24.2 Å². The second kappa shape index (κ2) is 9.73. The first-order valence-electron chi connectivity index (χ1n) is 9.78. The molecule has 0 aromatic heterocycles. The summed E-state index contributed by atoms with van der Waals surface area (Å²) in [5, 5.41) is 9.19. The van der Waals surface area contributed by atoms with Gasteiger partial charge in [-0.1, -0.05) is 35.9 Å². The summed E-state index contributed by atoms with van der Waals surface area (Å²) in [4.78, 5) is 16.3. The zero-order valence-electron chi connectivity index (χ0n) is 17.1. The van der Waals surface area contributed by atoms with Crippen LogP contribution >= 0.6 is 0 Å². The summed E-state index contributed by atoms with van der Waals surface area (Å²) in [7, 11) is -1.90. The number of guanidine groups is 1. The first-order chi connectivity index (χ1) is 14.4. The fourth-order valence-corrected chi connectivity index (χ4v) is 4.32. The molecule has 1 aliphatic heterocycles. The topological polar surface area (TPSA) is 112 Å². The Kier molecular flexibility index (Phi) is 7.07. The number of fused-ring (bicyclic) bond motifs is 1. The lowest BCUT2D eigenvalue weighted by Crippen LogP contribution is -2.43. The Morgan fingerprint density at radius 3 is 2.57 bits per heavy atom. The average molecular weight is 430 g/mol. The maximum Gasteiger partial charge on any atom is 0.240 e. The lowest BCUT2D eigenvalue weighted by atomic mass is 9.90. The van der Waals surface area contributed by atoms with Crippen LogP contribution < -0.4 is 20.7 Å². The van der Waals surface area contributed by atoms with Gasteiger partial charge in [0, 0.05) is 44.7 Å². The van der Waals surface area contributed by atoms with E-state index in [0.29, 0.717) is 25.5 Å². The first-order valence-corrected chi connectivity index (χ1v) is 11.3.